The molecule has 0 unspecified atom stereocenters. The van der Waals surface area contributed by atoms with Crippen molar-refractivity contribution < 1.29 is 19.0 Å². The number of methoxy groups -OCH3 is 2. The highest BCUT2D eigenvalue weighted by molar-refractivity contribution is 5.80. The fraction of sp³-hybridized carbons (Fsp3) is 0.320. The number of rotatable bonds is 7. The summed E-state index contributed by atoms with van der Waals surface area (Å²) in [7, 11) is 3.29. The molecule has 2 aromatic rings. The van der Waals surface area contributed by atoms with E-state index in [-0.39, 0.29) is 12.4 Å². The molecule has 4 heteroatoms. The Kier molecular flexibility index (Phi) is 7.91. The minimum atomic E-state index is -0.236. The Labute approximate surface area is 173 Å². The quantitative estimate of drug-likeness (QED) is 0.487. The number of ether oxygens (including phenoxy) is 3. The van der Waals surface area contributed by atoms with Crippen molar-refractivity contribution in [3.8, 4) is 23.3 Å². The van der Waals surface area contributed by atoms with E-state index >= 15 is 0 Å². The fourth-order valence-electron chi connectivity index (χ4n) is 2.93. The summed E-state index contributed by atoms with van der Waals surface area (Å²) in [5.41, 5.74) is 5.84. The second kappa shape index (κ2) is 10.4. The van der Waals surface area contributed by atoms with E-state index in [1.54, 1.807) is 21.1 Å². The van der Waals surface area contributed by atoms with Crippen molar-refractivity contribution in [1.29, 1.82) is 0 Å². The predicted octanol–water partition coefficient (Wildman–Crippen LogP) is 5.08. The lowest BCUT2D eigenvalue weighted by Crippen LogP contribution is -2.02. The van der Waals surface area contributed by atoms with Crippen molar-refractivity contribution in [3.63, 3.8) is 0 Å². The van der Waals surface area contributed by atoms with Crippen LogP contribution < -0.4 is 9.47 Å². The maximum atomic E-state index is 11.4. The van der Waals surface area contributed by atoms with Gasteiger partial charge in [0, 0.05) is 6.42 Å². The summed E-state index contributed by atoms with van der Waals surface area (Å²) in [4.78, 5) is 11.4. The van der Waals surface area contributed by atoms with Gasteiger partial charge in [0.1, 0.15) is 11.5 Å². The number of carbonyl (C=O) groups is 1. The molecule has 0 amide bonds. The Morgan fingerprint density at radius 3 is 2.41 bits per heavy atom. The van der Waals surface area contributed by atoms with Gasteiger partial charge >= 0.3 is 5.97 Å². The largest absolute Gasteiger partial charge is 0.496 e. The lowest BCUT2D eigenvalue weighted by molar-refractivity contribution is -0.142. The summed E-state index contributed by atoms with van der Waals surface area (Å²) >= 11 is 0. The second-order valence-electron chi connectivity index (χ2n) is 6.62. The molecule has 0 bridgehead atoms. The third kappa shape index (κ3) is 5.65. The van der Waals surface area contributed by atoms with Gasteiger partial charge in [-0.2, -0.15) is 0 Å². The standard InChI is InChI=1S/C25H28O4/c1-7-29-25(26)11-9-8-10-21-15-20(12-13-23(21)27-5)19(4)22-14-17(2)18(3)24(16-22)28-6/h12-16H,4,7,9,11H2,1-3,5-6H3. The second-order valence-corrected chi connectivity index (χ2v) is 6.62. The zero-order chi connectivity index (χ0) is 21.4. The highest BCUT2D eigenvalue weighted by atomic mass is 16.5. The van der Waals surface area contributed by atoms with E-state index in [2.05, 4.69) is 31.4 Å². The summed E-state index contributed by atoms with van der Waals surface area (Å²) in [6.45, 7) is 10.5. The van der Waals surface area contributed by atoms with E-state index in [9.17, 15) is 4.79 Å². The van der Waals surface area contributed by atoms with Gasteiger partial charge in [-0.3, -0.25) is 4.79 Å². The highest BCUT2D eigenvalue weighted by Gasteiger charge is 2.11. The van der Waals surface area contributed by atoms with E-state index in [1.165, 1.54) is 0 Å². The topological polar surface area (TPSA) is 44.8 Å². The van der Waals surface area contributed by atoms with Crippen molar-refractivity contribution in [1.82, 2.24) is 0 Å². The molecule has 0 radical (unpaired) electrons. The monoisotopic (exact) mass is 392 g/mol. The Balaban J connectivity index is 2.29. The Hall–Kier alpha value is -3.19. The highest BCUT2D eigenvalue weighted by Crippen LogP contribution is 2.31. The summed E-state index contributed by atoms with van der Waals surface area (Å²) in [5, 5.41) is 0. The SMILES string of the molecule is C=C(c1ccc(OC)c(C#CCCC(=O)OCC)c1)c1cc(C)c(C)c(OC)c1. The van der Waals surface area contributed by atoms with Crippen LogP contribution in [0.2, 0.25) is 0 Å². The summed E-state index contributed by atoms with van der Waals surface area (Å²) in [6.07, 6.45) is 0.708. The molecule has 0 aliphatic rings. The number of esters is 1. The normalized spacial score (nSPS) is 9.97. The molecule has 0 aliphatic heterocycles. The maximum absolute atomic E-state index is 11.4. The van der Waals surface area contributed by atoms with Gasteiger partial charge in [-0.1, -0.05) is 30.6 Å². The van der Waals surface area contributed by atoms with Gasteiger partial charge in [0.2, 0.25) is 0 Å². The smallest absolute Gasteiger partial charge is 0.306 e. The van der Waals surface area contributed by atoms with Crippen molar-refractivity contribution >= 4 is 11.5 Å². The molecule has 4 nitrogen and oxygen atoms in total. The Morgan fingerprint density at radius 2 is 1.76 bits per heavy atom. The summed E-state index contributed by atoms with van der Waals surface area (Å²) in [6, 6.07) is 9.91. The van der Waals surface area contributed by atoms with Crippen LogP contribution in [0.4, 0.5) is 0 Å². The molecule has 2 rings (SSSR count). The van der Waals surface area contributed by atoms with E-state index < -0.39 is 0 Å². The number of benzene rings is 2. The third-order valence-corrected chi connectivity index (χ3v) is 4.72. The lowest BCUT2D eigenvalue weighted by atomic mass is 9.94. The summed E-state index contributed by atoms with van der Waals surface area (Å²) in [5.74, 6) is 7.42. The molecule has 0 aliphatic carbocycles. The minimum absolute atomic E-state index is 0.236. The van der Waals surface area contributed by atoms with Crippen LogP contribution in [0.25, 0.3) is 5.57 Å². The minimum Gasteiger partial charge on any atom is -0.496 e. The average Bonchev–Trinajstić information content (AvgIpc) is 2.72. The van der Waals surface area contributed by atoms with Crippen LogP contribution in [-0.2, 0) is 9.53 Å². The van der Waals surface area contributed by atoms with Crippen LogP contribution in [0.5, 0.6) is 11.5 Å². The van der Waals surface area contributed by atoms with Gasteiger partial charge in [-0.15, -0.1) is 0 Å². The lowest BCUT2D eigenvalue weighted by Gasteiger charge is -2.14. The van der Waals surface area contributed by atoms with Crippen LogP contribution in [0.3, 0.4) is 0 Å². The third-order valence-electron chi connectivity index (χ3n) is 4.72. The number of carbonyl (C=O) groups excluding carboxylic acids is 1. The molecule has 0 spiro atoms. The number of hydrogen-bond acceptors (Lipinski definition) is 4. The molecule has 0 N–H and O–H groups in total. The van der Waals surface area contributed by atoms with Gasteiger partial charge in [-0.25, -0.2) is 0 Å². The average molecular weight is 392 g/mol. The van der Waals surface area contributed by atoms with Gasteiger partial charge in [0.05, 0.1) is 32.8 Å². The Bertz CT molecular complexity index is 961. The molecule has 2 aromatic carbocycles. The molecule has 0 saturated carbocycles. The fourth-order valence-corrected chi connectivity index (χ4v) is 2.93. The molecular weight excluding hydrogens is 364 g/mol. The first-order valence-electron chi connectivity index (χ1n) is 9.58. The maximum Gasteiger partial charge on any atom is 0.306 e. The first kappa shape index (κ1) is 22.1. The van der Waals surface area contributed by atoms with Crippen LogP contribution in [-0.4, -0.2) is 26.8 Å². The van der Waals surface area contributed by atoms with Gasteiger partial charge in [-0.05, 0) is 66.8 Å². The molecule has 0 heterocycles. The van der Waals surface area contributed by atoms with Crippen molar-refractivity contribution in [2.24, 2.45) is 0 Å². The first-order valence-corrected chi connectivity index (χ1v) is 9.58. The number of aryl methyl sites for hydroxylation is 1. The predicted molar refractivity (Wildman–Crippen MR) is 116 cm³/mol. The molecule has 0 saturated heterocycles. The summed E-state index contributed by atoms with van der Waals surface area (Å²) < 4.78 is 15.8. The molecule has 0 atom stereocenters. The van der Waals surface area contributed by atoms with E-state index in [0.717, 1.165) is 39.1 Å². The molecule has 0 fully saturated rings. The van der Waals surface area contributed by atoms with Gasteiger partial charge in [0.15, 0.2) is 0 Å². The molecule has 0 aromatic heterocycles. The zero-order valence-electron chi connectivity index (χ0n) is 17.8. The van der Waals surface area contributed by atoms with Crippen LogP contribution in [0.1, 0.15) is 47.6 Å². The van der Waals surface area contributed by atoms with E-state index in [0.29, 0.717) is 18.8 Å². The van der Waals surface area contributed by atoms with Crippen LogP contribution >= 0.6 is 0 Å². The van der Waals surface area contributed by atoms with Crippen LogP contribution in [0, 0.1) is 25.7 Å². The van der Waals surface area contributed by atoms with Crippen molar-refractivity contribution in [2.75, 3.05) is 20.8 Å². The zero-order valence-corrected chi connectivity index (χ0v) is 17.8. The first-order chi connectivity index (χ1) is 13.9. The van der Waals surface area contributed by atoms with Crippen LogP contribution in [0.15, 0.2) is 36.9 Å². The van der Waals surface area contributed by atoms with Gasteiger partial charge < -0.3 is 14.2 Å². The van der Waals surface area contributed by atoms with E-state index in [4.69, 9.17) is 14.2 Å². The Morgan fingerprint density at radius 1 is 1.03 bits per heavy atom. The molecule has 152 valence electrons. The van der Waals surface area contributed by atoms with Crippen molar-refractivity contribution in [3.05, 3.63) is 64.7 Å². The van der Waals surface area contributed by atoms with Gasteiger partial charge in [0.25, 0.3) is 0 Å². The molecular formula is C25H28O4. The van der Waals surface area contributed by atoms with E-state index in [1.807, 2.05) is 31.2 Å². The van der Waals surface area contributed by atoms with Crippen molar-refractivity contribution in [2.45, 2.75) is 33.6 Å². The number of hydrogen-bond donors (Lipinski definition) is 0. The molecule has 29 heavy (non-hydrogen) atoms.